The highest BCUT2D eigenvalue weighted by Gasteiger charge is 2.48. The fourth-order valence-electron chi connectivity index (χ4n) is 5.91. The van der Waals surface area contributed by atoms with Crippen LogP contribution in [0.4, 0.5) is 0 Å². The Labute approximate surface area is 286 Å². The first-order chi connectivity index (χ1) is 23.5. The van der Waals surface area contributed by atoms with E-state index in [-0.39, 0.29) is 19.8 Å². The largest absolute Gasteiger partial charge is 0.374 e. The van der Waals surface area contributed by atoms with Gasteiger partial charge in [0.1, 0.15) is 23.0 Å². The second-order valence-electron chi connectivity index (χ2n) is 11.6. The van der Waals surface area contributed by atoms with Gasteiger partial charge < -0.3 is 23.9 Å². The number of ether oxygens (including phenoxy) is 4. The molecule has 0 spiro atoms. The molecule has 1 aliphatic heterocycles. The lowest BCUT2D eigenvalue weighted by Gasteiger charge is -2.25. The molecule has 4 aromatic carbocycles. The van der Waals surface area contributed by atoms with Crippen molar-refractivity contribution in [2.75, 3.05) is 6.61 Å². The summed E-state index contributed by atoms with van der Waals surface area (Å²) in [7, 11) is 0. The van der Waals surface area contributed by atoms with Crippen molar-refractivity contribution in [2.24, 2.45) is 0 Å². The van der Waals surface area contributed by atoms with Crippen LogP contribution in [0.25, 0.3) is 21.3 Å². The van der Waals surface area contributed by atoms with Crippen LogP contribution in [-0.2, 0) is 38.8 Å². The number of nitrogens with zero attached hydrogens (tertiary/aromatic N) is 1. The molecule has 1 aliphatic rings. The van der Waals surface area contributed by atoms with Crippen molar-refractivity contribution < 1.29 is 18.9 Å². The molecular weight excluding hydrogens is 648 g/mol. The first kappa shape index (κ1) is 32.2. The molecule has 0 radical (unpaired) electrons. The summed E-state index contributed by atoms with van der Waals surface area (Å²) in [6, 6.07) is 36.6. The Hall–Kier alpha value is -4.35. The van der Waals surface area contributed by atoms with Gasteiger partial charge in [-0.3, -0.25) is 4.79 Å². The van der Waals surface area contributed by atoms with Crippen molar-refractivity contribution in [3.05, 3.63) is 163 Å². The topological polar surface area (TPSA) is 91.8 Å². The number of H-pyrrole nitrogens is 1. The Morgan fingerprint density at radius 1 is 0.729 bits per heavy atom. The molecule has 0 aliphatic carbocycles. The van der Waals surface area contributed by atoms with E-state index in [9.17, 15) is 9.59 Å². The van der Waals surface area contributed by atoms with Crippen LogP contribution in [-0.4, -0.2) is 34.5 Å². The maximum Gasteiger partial charge on any atom is 0.331 e. The molecule has 4 atom stereocenters. The number of hydrogen-bond donors (Lipinski definition) is 1. The van der Waals surface area contributed by atoms with Gasteiger partial charge in [-0.1, -0.05) is 115 Å². The number of fused-ring (bicyclic) bond motifs is 1. The molecule has 1 saturated heterocycles. The second-order valence-corrected chi connectivity index (χ2v) is 12.9. The smallest absolute Gasteiger partial charge is 0.331 e. The fourth-order valence-corrected chi connectivity index (χ4v) is 7.00. The van der Waals surface area contributed by atoms with Crippen LogP contribution in [0.5, 0.6) is 0 Å². The van der Waals surface area contributed by atoms with Crippen molar-refractivity contribution in [3.8, 4) is 11.1 Å². The number of hydrogen-bond acceptors (Lipinski definition) is 7. The molecule has 3 heterocycles. The van der Waals surface area contributed by atoms with E-state index in [1.807, 2.05) is 109 Å². The number of aromatic amines is 1. The SMILES string of the molecule is O=c1[nH]c2c(-c3ccc(Cl)cc3)csc2c(=O)n1[C@@H]1O[C@H](COCc2ccccc2)[C@@H](OCc2ccccc2)[C@H]1OCc1ccccc1. The molecule has 1 fully saturated rings. The fraction of sp³-hybridized carbons (Fsp3) is 0.211. The van der Waals surface area contributed by atoms with Gasteiger partial charge in [-0.05, 0) is 34.4 Å². The van der Waals surface area contributed by atoms with E-state index in [4.69, 9.17) is 30.5 Å². The van der Waals surface area contributed by atoms with Crippen LogP contribution in [0.15, 0.2) is 130 Å². The normalized spacial score (nSPS) is 19.2. The van der Waals surface area contributed by atoms with Crippen molar-refractivity contribution in [3.63, 3.8) is 0 Å². The van der Waals surface area contributed by atoms with Gasteiger partial charge in [-0.25, -0.2) is 9.36 Å². The Morgan fingerprint density at radius 3 is 1.90 bits per heavy atom. The summed E-state index contributed by atoms with van der Waals surface area (Å²) in [5.74, 6) is 0. The molecular formula is C38H33ClN2O6S. The van der Waals surface area contributed by atoms with Crippen molar-refractivity contribution in [1.82, 2.24) is 9.55 Å². The summed E-state index contributed by atoms with van der Waals surface area (Å²) in [6.07, 6.45) is -3.20. The molecule has 7 rings (SSSR count). The Kier molecular flexibility index (Phi) is 9.95. The average molecular weight is 681 g/mol. The molecule has 244 valence electrons. The minimum Gasteiger partial charge on any atom is -0.374 e. The molecule has 1 N–H and O–H groups in total. The van der Waals surface area contributed by atoms with Gasteiger partial charge in [-0.2, -0.15) is 0 Å². The van der Waals surface area contributed by atoms with Crippen LogP contribution in [0.3, 0.4) is 0 Å². The first-order valence-electron chi connectivity index (χ1n) is 15.7. The predicted octanol–water partition coefficient (Wildman–Crippen LogP) is 7.36. The third-order valence-corrected chi connectivity index (χ3v) is 9.53. The summed E-state index contributed by atoms with van der Waals surface area (Å²) >= 11 is 7.37. The van der Waals surface area contributed by atoms with Crippen molar-refractivity contribution >= 4 is 33.2 Å². The van der Waals surface area contributed by atoms with Gasteiger partial charge in [0.05, 0.1) is 31.9 Å². The molecule has 6 aromatic rings. The number of thiophene rings is 1. The Balaban J connectivity index is 1.25. The number of benzene rings is 4. The van der Waals surface area contributed by atoms with Crippen LogP contribution < -0.4 is 11.2 Å². The highest BCUT2D eigenvalue weighted by molar-refractivity contribution is 7.17. The van der Waals surface area contributed by atoms with E-state index in [1.165, 1.54) is 11.3 Å². The molecule has 0 saturated carbocycles. The van der Waals surface area contributed by atoms with Gasteiger partial charge in [0, 0.05) is 16.0 Å². The maximum atomic E-state index is 14.2. The quantitative estimate of drug-likeness (QED) is 0.145. The second kappa shape index (κ2) is 14.8. The summed E-state index contributed by atoms with van der Waals surface area (Å²) in [6.45, 7) is 1.02. The predicted molar refractivity (Wildman–Crippen MR) is 187 cm³/mol. The molecule has 8 nitrogen and oxygen atoms in total. The zero-order chi connectivity index (χ0) is 32.9. The first-order valence-corrected chi connectivity index (χ1v) is 16.9. The lowest BCUT2D eigenvalue weighted by molar-refractivity contribution is -0.0924. The molecule has 0 bridgehead atoms. The van der Waals surface area contributed by atoms with Crippen molar-refractivity contribution in [2.45, 2.75) is 44.4 Å². The monoisotopic (exact) mass is 680 g/mol. The van der Waals surface area contributed by atoms with Gasteiger partial charge in [0.15, 0.2) is 6.23 Å². The van der Waals surface area contributed by atoms with Crippen LogP contribution in [0, 0.1) is 0 Å². The Morgan fingerprint density at radius 2 is 1.29 bits per heavy atom. The number of rotatable bonds is 12. The lowest BCUT2D eigenvalue weighted by atomic mass is 10.1. The highest BCUT2D eigenvalue weighted by atomic mass is 35.5. The average Bonchev–Trinajstić information content (AvgIpc) is 3.69. The van der Waals surface area contributed by atoms with Crippen molar-refractivity contribution in [1.29, 1.82) is 0 Å². The summed E-state index contributed by atoms with van der Waals surface area (Å²) in [4.78, 5) is 31.0. The van der Waals surface area contributed by atoms with Gasteiger partial charge >= 0.3 is 5.69 Å². The van der Waals surface area contributed by atoms with E-state index in [2.05, 4.69) is 4.98 Å². The van der Waals surface area contributed by atoms with Gasteiger partial charge in [-0.15, -0.1) is 11.3 Å². The molecule has 48 heavy (non-hydrogen) atoms. The number of nitrogens with one attached hydrogen (secondary N) is 1. The van der Waals surface area contributed by atoms with Gasteiger partial charge in [0.2, 0.25) is 0 Å². The minimum absolute atomic E-state index is 0.157. The summed E-state index contributed by atoms with van der Waals surface area (Å²) < 4.78 is 27.3. The number of aromatic nitrogens is 2. The summed E-state index contributed by atoms with van der Waals surface area (Å²) in [5.41, 5.74) is 3.89. The van der Waals surface area contributed by atoms with Crippen LogP contribution in [0.2, 0.25) is 5.02 Å². The highest BCUT2D eigenvalue weighted by Crippen LogP contribution is 2.36. The lowest BCUT2D eigenvalue weighted by Crippen LogP contribution is -2.44. The third kappa shape index (κ3) is 7.07. The molecule has 0 amide bonds. The number of halogens is 1. The third-order valence-electron chi connectivity index (χ3n) is 8.31. The van der Waals surface area contributed by atoms with E-state index < -0.39 is 35.8 Å². The van der Waals surface area contributed by atoms with E-state index in [1.54, 1.807) is 12.1 Å². The van der Waals surface area contributed by atoms with Crippen LogP contribution in [0.1, 0.15) is 22.9 Å². The van der Waals surface area contributed by atoms with Crippen LogP contribution >= 0.6 is 22.9 Å². The van der Waals surface area contributed by atoms with E-state index >= 15 is 0 Å². The standard InChI is InChI=1S/C38H33ClN2O6S/c39-29-18-16-28(17-19-29)30-24-48-35-32(30)40-38(43)41(36(35)42)37-34(46-22-27-14-8-3-9-15-27)33(45-21-26-12-6-2-7-13-26)31(47-37)23-44-20-25-10-4-1-5-11-25/h1-19,24,31,33-34,37H,20-23H2,(H,40,43)/t31-,33-,34-,37-/m1/s1. The molecule has 0 unspecified atom stereocenters. The van der Waals surface area contributed by atoms with Gasteiger partial charge in [0.25, 0.3) is 5.56 Å². The zero-order valence-corrected chi connectivity index (χ0v) is 27.4. The van der Waals surface area contributed by atoms with E-state index in [0.29, 0.717) is 21.8 Å². The molecule has 10 heteroatoms. The Bertz CT molecular complexity index is 2070. The zero-order valence-electron chi connectivity index (χ0n) is 25.9. The minimum atomic E-state index is -1.08. The maximum absolute atomic E-state index is 14.2. The van der Waals surface area contributed by atoms with E-state index in [0.717, 1.165) is 32.4 Å². The molecule has 2 aromatic heterocycles. The summed E-state index contributed by atoms with van der Waals surface area (Å²) in [5, 5.41) is 2.46.